The molecule has 0 unspecified atom stereocenters. The Morgan fingerprint density at radius 3 is 2.40 bits per heavy atom. The summed E-state index contributed by atoms with van der Waals surface area (Å²) in [5.74, 6) is -0.742. The highest BCUT2D eigenvalue weighted by atomic mass is 16.4. The van der Waals surface area contributed by atoms with E-state index in [1.165, 1.54) is 0 Å². The van der Waals surface area contributed by atoms with Gasteiger partial charge in [0.1, 0.15) is 0 Å². The largest absolute Gasteiger partial charge is 0.481 e. The molecule has 0 atom stereocenters. The van der Waals surface area contributed by atoms with E-state index in [0.29, 0.717) is 6.42 Å². The van der Waals surface area contributed by atoms with Crippen LogP contribution in [0.4, 0.5) is 5.69 Å². The van der Waals surface area contributed by atoms with E-state index in [1.54, 1.807) is 0 Å². The summed E-state index contributed by atoms with van der Waals surface area (Å²) in [7, 11) is 0. The van der Waals surface area contributed by atoms with Crippen molar-refractivity contribution >= 4 is 17.9 Å². The van der Waals surface area contributed by atoms with Crippen LogP contribution in [-0.2, 0) is 11.2 Å². The number of hydrogen-bond acceptors (Lipinski definition) is 2. The quantitative estimate of drug-likeness (QED) is 0.808. The van der Waals surface area contributed by atoms with Gasteiger partial charge in [0.05, 0.1) is 5.69 Å². The topological polar surface area (TPSA) is 49.7 Å². The summed E-state index contributed by atoms with van der Waals surface area (Å²) < 4.78 is 0. The Labute approximate surface area is 118 Å². The number of carbonyl (C=O) groups is 1. The lowest BCUT2D eigenvalue weighted by Gasteiger charge is -2.00. The molecule has 0 fully saturated rings. The fourth-order valence-electron chi connectivity index (χ4n) is 1.88. The molecule has 0 bridgehead atoms. The number of nitrogens with zero attached hydrogens (tertiary/aromatic N) is 1. The van der Waals surface area contributed by atoms with Gasteiger partial charge in [0, 0.05) is 12.6 Å². The van der Waals surface area contributed by atoms with Crippen LogP contribution in [0, 0.1) is 0 Å². The molecule has 3 heteroatoms. The molecule has 102 valence electrons. The molecular weight excluding hydrogens is 250 g/mol. The third kappa shape index (κ3) is 4.69. The van der Waals surface area contributed by atoms with Gasteiger partial charge in [-0.2, -0.15) is 0 Å². The lowest BCUT2D eigenvalue weighted by atomic mass is 10.1. The molecule has 0 aliphatic carbocycles. The van der Waals surface area contributed by atoms with E-state index in [4.69, 9.17) is 5.11 Å². The molecule has 0 aromatic heterocycles. The minimum atomic E-state index is -0.742. The maximum atomic E-state index is 10.4. The van der Waals surface area contributed by atoms with Gasteiger partial charge in [-0.15, -0.1) is 0 Å². The van der Waals surface area contributed by atoms with Crippen LogP contribution in [0.1, 0.15) is 24.0 Å². The van der Waals surface area contributed by atoms with Crippen molar-refractivity contribution in [3.8, 4) is 0 Å². The van der Waals surface area contributed by atoms with Crippen molar-refractivity contribution in [1.82, 2.24) is 0 Å². The van der Waals surface area contributed by atoms with Crippen molar-refractivity contribution in [3.05, 3.63) is 65.7 Å². The molecule has 2 aromatic carbocycles. The standard InChI is InChI=1S/C17H17NO2/c19-17(20)8-4-7-14-9-11-16(12-10-14)18-13-15-5-2-1-3-6-15/h1-3,5-6,9-13H,4,7-8H2,(H,19,20). The van der Waals surface area contributed by atoms with Crippen molar-refractivity contribution in [2.45, 2.75) is 19.3 Å². The molecule has 0 heterocycles. The maximum Gasteiger partial charge on any atom is 0.303 e. The first-order valence-electron chi connectivity index (χ1n) is 6.64. The number of benzene rings is 2. The van der Waals surface area contributed by atoms with Gasteiger partial charge in [0.15, 0.2) is 0 Å². The van der Waals surface area contributed by atoms with Gasteiger partial charge in [-0.1, -0.05) is 42.5 Å². The van der Waals surface area contributed by atoms with Gasteiger partial charge in [-0.05, 0) is 36.1 Å². The van der Waals surface area contributed by atoms with Crippen LogP contribution < -0.4 is 0 Å². The Balaban J connectivity index is 1.91. The minimum absolute atomic E-state index is 0.216. The second-order valence-corrected chi connectivity index (χ2v) is 4.58. The van der Waals surface area contributed by atoms with Crippen LogP contribution in [0.2, 0.25) is 0 Å². The number of hydrogen-bond donors (Lipinski definition) is 1. The second kappa shape index (κ2) is 7.24. The van der Waals surface area contributed by atoms with E-state index in [1.807, 2.05) is 60.8 Å². The summed E-state index contributed by atoms with van der Waals surface area (Å²) in [4.78, 5) is 14.9. The van der Waals surface area contributed by atoms with Gasteiger partial charge < -0.3 is 5.11 Å². The highest BCUT2D eigenvalue weighted by Gasteiger charge is 1.98. The minimum Gasteiger partial charge on any atom is -0.481 e. The Morgan fingerprint density at radius 1 is 1.05 bits per heavy atom. The van der Waals surface area contributed by atoms with Crippen molar-refractivity contribution in [1.29, 1.82) is 0 Å². The average Bonchev–Trinajstić information content (AvgIpc) is 2.47. The van der Waals surface area contributed by atoms with E-state index in [2.05, 4.69) is 4.99 Å². The van der Waals surface area contributed by atoms with Crippen molar-refractivity contribution < 1.29 is 9.90 Å². The number of carboxylic acid groups (broad SMARTS) is 1. The van der Waals surface area contributed by atoms with Gasteiger partial charge >= 0.3 is 5.97 Å². The number of rotatable bonds is 6. The molecule has 0 aliphatic rings. The van der Waals surface area contributed by atoms with E-state index in [-0.39, 0.29) is 6.42 Å². The first-order valence-corrected chi connectivity index (χ1v) is 6.64. The highest BCUT2D eigenvalue weighted by Crippen LogP contribution is 2.14. The third-order valence-electron chi connectivity index (χ3n) is 2.95. The predicted molar refractivity (Wildman–Crippen MR) is 80.7 cm³/mol. The Morgan fingerprint density at radius 2 is 1.75 bits per heavy atom. The first-order chi connectivity index (χ1) is 9.74. The van der Waals surface area contributed by atoms with Gasteiger partial charge in [-0.3, -0.25) is 9.79 Å². The lowest BCUT2D eigenvalue weighted by Crippen LogP contribution is -1.95. The second-order valence-electron chi connectivity index (χ2n) is 4.58. The molecule has 0 aliphatic heterocycles. The Kier molecular flexibility index (Phi) is 5.07. The predicted octanol–water partition coefficient (Wildman–Crippen LogP) is 3.84. The molecule has 3 nitrogen and oxygen atoms in total. The van der Waals surface area contributed by atoms with E-state index >= 15 is 0 Å². The van der Waals surface area contributed by atoms with Crippen LogP contribution in [0.5, 0.6) is 0 Å². The SMILES string of the molecule is O=C(O)CCCc1ccc(N=Cc2ccccc2)cc1. The molecule has 2 rings (SSSR count). The number of aryl methyl sites for hydroxylation is 1. The summed E-state index contributed by atoms with van der Waals surface area (Å²) in [5.41, 5.74) is 3.11. The first kappa shape index (κ1) is 14.0. The average molecular weight is 267 g/mol. The van der Waals surface area contributed by atoms with Crippen molar-refractivity contribution in [2.24, 2.45) is 4.99 Å². The fourth-order valence-corrected chi connectivity index (χ4v) is 1.88. The molecule has 0 saturated carbocycles. The van der Waals surface area contributed by atoms with Crippen LogP contribution in [-0.4, -0.2) is 17.3 Å². The lowest BCUT2D eigenvalue weighted by molar-refractivity contribution is -0.137. The van der Waals surface area contributed by atoms with E-state index < -0.39 is 5.97 Å². The number of carboxylic acids is 1. The third-order valence-corrected chi connectivity index (χ3v) is 2.95. The zero-order valence-electron chi connectivity index (χ0n) is 11.2. The summed E-state index contributed by atoms with van der Waals surface area (Å²) in [6.07, 6.45) is 3.50. The maximum absolute atomic E-state index is 10.4. The highest BCUT2D eigenvalue weighted by molar-refractivity contribution is 5.81. The monoisotopic (exact) mass is 267 g/mol. The van der Waals surface area contributed by atoms with Crippen molar-refractivity contribution in [2.75, 3.05) is 0 Å². The number of aliphatic carboxylic acids is 1. The fraction of sp³-hybridized carbons (Fsp3) is 0.176. The smallest absolute Gasteiger partial charge is 0.303 e. The summed E-state index contributed by atoms with van der Waals surface area (Å²) in [5, 5.41) is 8.59. The van der Waals surface area contributed by atoms with Gasteiger partial charge in [-0.25, -0.2) is 0 Å². The van der Waals surface area contributed by atoms with Crippen molar-refractivity contribution in [3.63, 3.8) is 0 Å². The molecular formula is C17H17NO2. The Hall–Kier alpha value is -2.42. The molecule has 20 heavy (non-hydrogen) atoms. The molecule has 0 saturated heterocycles. The van der Waals surface area contributed by atoms with Crippen LogP contribution in [0.25, 0.3) is 0 Å². The normalized spacial score (nSPS) is 10.8. The van der Waals surface area contributed by atoms with Crippen LogP contribution in [0.3, 0.4) is 0 Å². The van der Waals surface area contributed by atoms with Gasteiger partial charge in [0.2, 0.25) is 0 Å². The molecule has 2 aromatic rings. The molecule has 1 N–H and O–H groups in total. The van der Waals surface area contributed by atoms with Crippen LogP contribution in [0.15, 0.2) is 59.6 Å². The van der Waals surface area contributed by atoms with E-state index in [9.17, 15) is 4.79 Å². The van der Waals surface area contributed by atoms with Crippen LogP contribution >= 0.6 is 0 Å². The Bertz CT molecular complexity index is 574. The van der Waals surface area contributed by atoms with Gasteiger partial charge in [0.25, 0.3) is 0 Å². The zero-order chi connectivity index (χ0) is 14.2. The van der Waals surface area contributed by atoms with E-state index in [0.717, 1.165) is 23.2 Å². The zero-order valence-corrected chi connectivity index (χ0v) is 11.2. The number of aliphatic imine (C=N–C) groups is 1. The molecule has 0 spiro atoms. The summed E-state index contributed by atoms with van der Waals surface area (Å²) in [6.45, 7) is 0. The summed E-state index contributed by atoms with van der Waals surface area (Å²) in [6, 6.07) is 17.8. The molecule has 0 radical (unpaired) electrons. The molecule has 0 amide bonds. The summed E-state index contributed by atoms with van der Waals surface area (Å²) >= 11 is 0.